The Morgan fingerprint density at radius 1 is 1.48 bits per heavy atom. The lowest BCUT2D eigenvalue weighted by Crippen LogP contribution is -2.40. The van der Waals surface area contributed by atoms with Gasteiger partial charge >= 0.3 is 6.03 Å². The van der Waals surface area contributed by atoms with Gasteiger partial charge < -0.3 is 14.8 Å². The zero-order chi connectivity index (χ0) is 16.6. The van der Waals surface area contributed by atoms with Crippen LogP contribution in [0.5, 0.6) is 0 Å². The number of carbonyl (C=O) groups is 1. The van der Waals surface area contributed by atoms with E-state index in [2.05, 4.69) is 20.8 Å². The number of anilines is 1. The summed E-state index contributed by atoms with van der Waals surface area (Å²) in [6.07, 6.45) is 2.29. The van der Waals surface area contributed by atoms with Gasteiger partial charge in [0.05, 0.1) is 6.54 Å². The van der Waals surface area contributed by atoms with Crippen molar-refractivity contribution in [3.8, 4) is 0 Å². The van der Waals surface area contributed by atoms with Crippen LogP contribution < -0.4 is 10.6 Å². The largest absolute Gasteiger partial charge is 0.466 e. The van der Waals surface area contributed by atoms with Gasteiger partial charge in [-0.05, 0) is 39.7 Å². The maximum absolute atomic E-state index is 12.0. The molecule has 23 heavy (non-hydrogen) atoms. The molecule has 1 aliphatic carbocycles. The highest BCUT2D eigenvalue weighted by Crippen LogP contribution is 2.42. The first-order chi connectivity index (χ1) is 10.8. The van der Waals surface area contributed by atoms with Crippen LogP contribution in [0.4, 0.5) is 9.93 Å². The van der Waals surface area contributed by atoms with Gasteiger partial charge in [-0.15, -0.1) is 10.2 Å². The number of rotatable bonds is 5. The maximum atomic E-state index is 12.0. The minimum absolute atomic E-state index is 0.0624. The average molecular weight is 336 g/mol. The summed E-state index contributed by atoms with van der Waals surface area (Å²) >= 11 is 1.40. The number of aliphatic hydroxyl groups is 1. The topological polar surface area (TPSA) is 100 Å². The highest BCUT2D eigenvalue weighted by atomic mass is 32.1. The second kappa shape index (κ2) is 5.93. The number of aryl methyl sites for hydroxylation is 2. The zero-order valence-corrected chi connectivity index (χ0v) is 14.2. The Kier molecular flexibility index (Phi) is 4.11. The summed E-state index contributed by atoms with van der Waals surface area (Å²) in [5.74, 6) is 1.88. The molecule has 1 aliphatic rings. The molecule has 0 radical (unpaired) electrons. The molecule has 8 heteroatoms. The number of aromatic nitrogens is 2. The van der Waals surface area contributed by atoms with Gasteiger partial charge in [-0.1, -0.05) is 11.3 Å². The predicted molar refractivity (Wildman–Crippen MR) is 86.7 cm³/mol. The van der Waals surface area contributed by atoms with E-state index in [1.807, 2.05) is 6.92 Å². The second-order valence-electron chi connectivity index (χ2n) is 6.13. The van der Waals surface area contributed by atoms with Crippen LogP contribution >= 0.6 is 11.3 Å². The van der Waals surface area contributed by atoms with Crippen molar-refractivity contribution < 1.29 is 14.3 Å². The molecular formula is C15H20N4O3S. The Labute approximate surface area is 138 Å². The standard InChI is InChI=1S/C15H20N4O3S/c1-8-6-11(9(2)22-8)15(3,21)7-16-13(20)17-14-19-18-12(23-14)10-4-5-10/h6,10,21H,4-5,7H2,1-3H3,(H2,16,17,19,20)/t15-/m1/s1. The monoisotopic (exact) mass is 336 g/mol. The van der Waals surface area contributed by atoms with Crippen molar-refractivity contribution in [3.05, 3.63) is 28.2 Å². The molecule has 0 aliphatic heterocycles. The molecule has 0 unspecified atom stereocenters. The fourth-order valence-corrected chi connectivity index (χ4v) is 3.34. The molecule has 2 heterocycles. The number of carbonyl (C=O) groups excluding carboxylic acids is 1. The molecule has 0 aromatic carbocycles. The molecule has 7 nitrogen and oxygen atoms in total. The van der Waals surface area contributed by atoms with Crippen molar-refractivity contribution in [1.82, 2.24) is 15.5 Å². The van der Waals surface area contributed by atoms with Crippen LogP contribution in [-0.4, -0.2) is 27.9 Å². The molecule has 2 aromatic heterocycles. The number of hydrogen-bond acceptors (Lipinski definition) is 6. The van der Waals surface area contributed by atoms with E-state index in [0.717, 1.165) is 23.6 Å². The van der Waals surface area contributed by atoms with E-state index >= 15 is 0 Å². The van der Waals surface area contributed by atoms with Gasteiger partial charge in [-0.25, -0.2) is 4.79 Å². The van der Waals surface area contributed by atoms with E-state index < -0.39 is 11.6 Å². The van der Waals surface area contributed by atoms with Crippen LogP contribution in [0, 0.1) is 13.8 Å². The first kappa shape index (κ1) is 15.9. The van der Waals surface area contributed by atoms with E-state index in [1.165, 1.54) is 11.3 Å². The van der Waals surface area contributed by atoms with Gasteiger partial charge in [0.2, 0.25) is 5.13 Å². The molecule has 3 N–H and O–H groups in total. The highest BCUT2D eigenvalue weighted by molar-refractivity contribution is 7.15. The summed E-state index contributed by atoms with van der Waals surface area (Å²) in [6, 6.07) is 1.36. The van der Waals surface area contributed by atoms with Crippen LogP contribution in [0.3, 0.4) is 0 Å². The molecule has 1 fully saturated rings. The predicted octanol–water partition coefficient (Wildman–Crippen LogP) is 2.65. The van der Waals surface area contributed by atoms with Gasteiger partial charge in [-0.2, -0.15) is 0 Å². The Morgan fingerprint density at radius 2 is 2.22 bits per heavy atom. The van der Waals surface area contributed by atoms with Crippen molar-refractivity contribution in [2.75, 3.05) is 11.9 Å². The molecule has 2 aromatic rings. The summed E-state index contributed by atoms with van der Waals surface area (Å²) in [7, 11) is 0. The Bertz CT molecular complexity index is 718. The number of hydrogen-bond donors (Lipinski definition) is 3. The van der Waals surface area contributed by atoms with E-state index in [0.29, 0.717) is 22.4 Å². The normalized spacial score (nSPS) is 16.9. The van der Waals surface area contributed by atoms with Crippen molar-refractivity contribution in [1.29, 1.82) is 0 Å². The van der Waals surface area contributed by atoms with Gasteiger partial charge in [0.25, 0.3) is 0 Å². The van der Waals surface area contributed by atoms with E-state index in [-0.39, 0.29) is 6.54 Å². The van der Waals surface area contributed by atoms with Crippen LogP contribution in [0.1, 0.15) is 47.8 Å². The summed E-state index contributed by atoms with van der Waals surface area (Å²) < 4.78 is 5.43. The SMILES string of the molecule is Cc1cc([C@](C)(O)CNC(=O)Nc2nnc(C3CC3)s2)c(C)o1. The smallest absolute Gasteiger partial charge is 0.321 e. The molecule has 2 amide bonds. The van der Waals surface area contributed by atoms with Gasteiger partial charge in [0.15, 0.2) is 0 Å². The fraction of sp³-hybridized carbons (Fsp3) is 0.533. The third-order valence-electron chi connectivity index (χ3n) is 3.80. The number of nitrogens with one attached hydrogen (secondary N) is 2. The minimum Gasteiger partial charge on any atom is -0.466 e. The van der Waals surface area contributed by atoms with Crippen molar-refractivity contribution in [2.24, 2.45) is 0 Å². The molecule has 0 spiro atoms. The molecule has 1 saturated carbocycles. The van der Waals surface area contributed by atoms with Crippen LogP contribution in [-0.2, 0) is 5.60 Å². The molecule has 0 bridgehead atoms. The summed E-state index contributed by atoms with van der Waals surface area (Å²) in [6.45, 7) is 5.31. The Balaban J connectivity index is 1.56. The second-order valence-corrected chi connectivity index (χ2v) is 7.14. The van der Waals surface area contributed by atoms with E-state index in [1.54, 1.807) is 19.9 Å². The van der Waals surface area contributed by atoms with E-state index in [9.17, 15) is 9.90 Å². The third-order valence-corrected chi connectivity index (χ3v) is 4.80. The van der Waals surface area contributed by atoms with Crippen molar-refractivity contribution in [3.63, 3.8) is 0 Å². The van der Waals surface area contributed by atoms with Gasteiger partial charge in [-0.3, -0.25) is 5.32 Å². The van der Waals surface area contributed by atoms with Gasteiger partial charge in [0, 0.05) is 11.5 Å². The van der Waals surface area contributed by atoms with Gasteiger partial charge in [0.1, 0.15) is 22.1 Å². The molecular weight excluding hydrogens is 316 g/mol. The number of nitrogens with zero attached hydrogens (tertiary/aromatic N) is 2. The summed E-state index contributed by atoms with van der Waals surface area (Å²) in [5.41, 5.74) is -0.540. The van der Waals surface area contributed by atoms with Crippen LogP contribution in [0.25, 0.3) is 0 Å². The average Bonchev–Trinajstić information content (AvgIpc) is 3.13. The quantitative estimate of drug-likeness (QED) is 0.779. The third kappa shape index (κ3) is 3.70. The Morgan fingerprint density at radius 3 is 2.83 bits per heavy atom. The van der Waals surface area contributed by atoms with Crippen molar-refractivity contribution >= 4 is 22.5 Å². The maximum Gasteiger partial charge on any atom is 0.321 e. The number of furan rings is 1. The Hall–Kier alpha value is -1.93. The van der Waals surface area contributed by atoms with Crippen LogP contribution in [0.2, 0.25) is 0 Å². The molecule has 3 rings (SSSR count). The van der Waals surface area contributed by atoms with Crippen molar-refractivity contribution in [2.45, 2.75) is 45.1 Å². The lowest BCUT2D eigenvalue weighted by Gasteiger charge is -2.23. The summed E-state index contributed by atoms with van der Waals surface area (Å²) in [5, 5.41) is 25.3. The number of urea groups is 1. The minimum atomic E-state index is -1.21. The first-order valence-electron chi connectivity index (χ1n) is 7.53. The lowest BCUT2D eigenvalue weighted by atomic mass is 9.96. The molecule has 1 atom stereocenters. The molecule has 124 valence electrons. The van der Waals surface area contributed by atoms with E-state index in [4.69, 9.17) is 4.42 Å². The fourth-order valence-electron chi connectivity index (χ4n) is 2.43. The lowest BCUT2D eigenvalue weighted by molar-refractivity contribution is 0.0584. The highest BCUT2D eigenvalue weighted by Gasteiger charge is 2.29. The summed E-state index contributed by atoms with van der Waals surface area (Å²) in [4.78, 5) is 12.0. The van der Waals surface area contributed by atoms with Crippen LogP contribution in [0.15, 0.2) is 10.5 Å². The zero-order valence-electron chi connectivity index (χ0n) is 13.3. The molecule has 0 saturated heterocycles. The first-order valence-corrected chi connectivity index (χ1v) is 8.35. The number of amides is 2.